The minimum atomic E-state index is -0.613. The van der Waals surface area contributed by atoms with Gasteiger partial charge in [0.05, 0.1) is 12.5 Å². The molecule has 2 N–H and O–H groups in total. The standard InChI is InChI=1S/C11H19N3O2S/c1-4-5-10-13-14-11(17-10)12-9(16)6-8(15)7(2)3/h7-8,15H,4-6H2,1-3H3,(H,12,14,16). The molecule has 5 nitrogen and oxygen atoms in total. The van der Waals surface area contributed by atoms with Gasteiger partial charge in [0.1, 0.15) is 5.01 Å². The first-order valence-corrected chi connectivity index (χ1v) is 6.64. The van der Waals surface area contributed by atoms with Crippen LogP contribution in [0.25, 0.3) is 0 Å². The zero-order chi connectivity index (χ0) is 12.8. The molecule has 1 aromatic rings. The number of nitrogens with one attached hydrogen (secondary N) is 1. The first kappa shape index (κ1) is 14.1. The Morgan fingerprint density at radius 1 is 1.47 bits per heavy atom. The average molecular weight is 257 g/mol. The number of aliphatic hydroxyl groups is 1. The van der Waals surface area contributed by atoms with E-state index in [0.29, 0.717) is 5.13 Å². The molecule has 0 aliphatic rings. The molecule has 0 fully saturated rings. The van der Waals surface area contributed by atoms with Gasteiger partial charge in [-0.3, -0.25) is 4.79 Å². The summed E-state index contributed by atoms with van der Waals surface area (Å²) in [6.07, 6.45) is 1.37. The second kappa shape index (κ2) is 6.66. The van der Waals surface area contributed by atoms with E-state index in [9.17, 15) is 9.90 Å². The van der Waals surface area contributed by atoms with Gasteiger partial charge in [-0.2, -0.15) is 0 Å². The minimum absolute atomic E-state index is 0.0748. The van der Waals surface area contributed by atoms with Gasteiger partial charge in [0, 0.05) is 6.42 Å². The van der Waals surface area contributed by atoms with Crippen molar-refractivity contribution in [3.05, 3.63) is 5.01 Å². The van der Waals surface area contributed by atoms with E-state index in [1.54, 1.807) is 0 Å². The molecular formula is C11H19N3O2S. The summed E-state index contributed by atoms with van der Waals surface area (Å²) in [5.41, 5.74) is 0. The monoisotopic (exact) mass is 257 g/mol. The SMILES string of the molecule is CCCc1nnc(NC(=O)CC(O)C(C)C)s1. The quantitative estimate of drug-likeness (QED) is 0.815. The van der Waals surface area contributed by atoms with Gasteiger partial charge in [-0.1, -0.05) is 32.1 Å². The summed E-state index contributed by atoms with van der Waals surface area (Å²) in [5.74, 6) is -0.142. The molecule has 0 aliphatic heterocycles. The van der Waals surface area contributed by atoms with Crippen LogP contribution in [-0.2, 0) is 11.2 Å². The molecule has 0 aliphatic carbocycles. The number of hydrogen-bond donors (Lipinski definition) is 2. The number of amides is 1. The Morgan fingerprint density at radius 3 is 2.76 bits per heavy atom. The molecule has 1 atom stereocenters. The predicted octanol–water partition coefficient (Wildman–Crippen LogP) is 1.84. The Labute approximate surface area is 105 Å². The molecule has 6 heteroatoms. The van der Waals surface area contributed by atoms with Gasteiger partial charge in [-0.25, -0.2) is 0 Å². The van der Waals surface area contributed by atoms with Crippen molar-refractivity contribution in [2.45, 2.75) is 46.1 Å². The topological polar surface area (TPSA) is 75.1 Å². The van der Waals surface area contributed by atoms with Gasteiger partial charge in [-0.15, -0.1) is 10.2 Å². The van der Waals surface area contributed by atoms with Gasteiger partial charge < -0.3 is 10.4 Å². The summed E-state index contributed by atoms with van der Waals surface area (Å²) in [4.78, 5) is 11.6. The molecule has 1 aromatic heterocycles. The number of carbonyl (C=O) groups is 1. The molecule has 0 radical (unpaired) electrons. The van der Waals surface area contributed by atoms with E-state index in [4.69, 9.17) is 0 Å². The third-order valence-electron chi connectivity index (χ3n) is 2.34. The highest BCUT2D eigenvalue weighted by atomic mass is 32.1. The summed E-state index contributed by atoms with van der Waals surface area (Å²) < 4.78 is 0. The predicted molar refractivity (Wildman–Crippen MR) is 68.0 cm³/mol. The molecular weight excluding hydrogens is 238 g/mol. The molecule has 0 aromatic carbocycles. The minimum Gasteiger partial charge on any atom is -0.392 e. The normalized spacial score (nSPS) is 12.8. The fraction of sp³-hybridized carbons (Fsp3) is 0.727. The Hall–Kier alpha value is -1.01. The van der Waals surface area contributed by atoms with Gasteiger partial charge in [-0.05, 0) is 12.3 Å². The Bertz CT molecular complexity index is 365. The van der Waals surface area contributed by atoms with Crippen molar-refractivity contribution >= 4 is 22.4 Å². The number of hydrogen-bond acceptors (Lipinski definition) is 5. The molecule has 96 valence electrons. The summed E-state index contributed by atoms with van der Waals surface area (Å²) >= 11 is 1.39. The number of aliphatic hydroxyl groups excluding tert-OH is 1. The third kappa shape index (κ3) is 4.79. The molecule has 1 amide bonds. The van der Waals surface area contributed by atoms with Gasteiger partial charge >= 0.3 is 0 Å². The second-order valence-electron chi connectivity index (χ2n) is 4.31. The van der Waals surface area contributed by atoms with Crippen LogP contribution in [0.5, 0.6) is 0 Å². The lowest BCUT2D eigenvalue weighted by atomic mass is 10.0. The fourth-order valence-corrected chi connectivity index (χ4v) is 2.07. The lowest BCUT2D eigenvalue weighted by Crippen LogP contribution is -2.23. The maximum atomic E-state index is 11.6. The number of rotatable bonds is 6. The summed E-state index contributed by atoms with van der Waals surface area (Å²) in [6, 6.07) is 0. The summed E-state index contributed by atoms with van der Waals surface area (Å²) in [7, 11) is 0. The van der Waals surface area contributed by atoms with E-state index in [0.717, 1.165) is 17.8 Å². The zero-order valence-corrected chi connectivity index (χ0v) is 11.3. The van der Waals surface area contributed by atoms with Crippen molar-refractivity contribution in [1.29, 1.82) is 0 Å². The van der Waals surface area contributed by atoms with E-state index in [1.165, 1.54) is 11.3 Å². The molecule has 0 saturated heterocycles. The maximum absolute atomic E-state index is 11.6. The summed E-state index contributed by atoms with van der Waals surface area (Å²) in [5, 5.41) is 21.5. The molecule has 0 spiro atoms. The largest absolute Gasteiger partial charge is 0.392 e. The van der Waals surface area contributed by atoms with Crippen molar-refractivity contribution in [2.75, 3.05) is 5.32 Å². The Morgan fingerprint density at radius 2 is 2.18 bits per heavy atom. The Kier molecular flexibility index (Phi) is 5.50. The van der Waals surface area contributed by atoms with Crippen LogP contribution in [0.15, 0.2) is 0 Å². The maximum Gasteiger partial charge on any atom is 0.228 e. The van der Waals surface area contributed by atoms with E-state index < -0.39 is 6.10 Å². The van der Waals surface area contributed by atoms with Gasteiger partial charge in [0.2, 0.25) is 11.0 Å². The van der Waals surface area contributed by atoms with E-state index in [2.05, 4.69) is 22.4 Å². The number of aryl methyl sites for hydroxylation is 1. The van der Waals surface area contributed by atoms with Gasteiger partial charge in [0.25, 0.3) is 0 Å². The molecule has 1 rings (SSSR count). The number of carbonyl (C=O) groups excluding carboxylic acids is 1. The lowest BCUT2D eigenvalue weighted by molar-refractivity contribution is -0.118. The number of nitrogens with zero attached hydrogens (tertiary/aromatic N) is 2. The first-order valence-electron chi connectivity index (χ1n) is 5.83. The van der Waals surface area contributed by atoms with Crippen molar-refractivity contribution in [3.8, 4) is 0 Å². The molecule has 17 heavy (non-hydrogen) atoms. The fourth-order valence-electron chi connectivity index (χ4n) is 1.21. The van der Waals surface area contributed by atoms with Crippen molar-refractivity contribution in [2.24, 2.45) is 5.92 Å². The average Bonchev–Trinajstić information content (AvgIpc) is 2.65. The van der Waals surface area contributed by atoms with Crippen molar-refractivity contribution in [3.63, 3.8) is 0 Å². The van der Waals surface area contributed by atoms with Crippen LogP contribution in [0.4, 0.5) is 5.13 Å². The van der Waals surface area contributed by atoms with Crippen LogP contribution < -0.4 is 5.32 Å². The van der Waals surface area contributed by atoms with Crippen LogP contribution in [0.1, 0.15) is 38.6 Å². The molecule has 1 unspecified atom stereocenters. The molecule has 1 heterocycles. The van der Waals surface area contributed by atoms with Crippen LogP contribution in [0, 0.1) is 5.92 Å². The Balaban J connectivity index is 2.44. The lowest BCUT2D eigenvalue weighted by Gasteiger charge is -2.12. The van der Waals surface area contributed by atoms with E-state index >= 15 is 0 Å². The smallest absolute Gasteiger partial charge is 0.228 e. The van der Waals surface area contributed by atoms with Crippen LogP contribution >= 0.6 is 11.3 Å². The molecule has 0 bridgehead atoms. The van der Waals surface area contributed by atoms with Crippen LogP contribution in [-0.4, -0.2) is 27.3 Å². The molecule has 0 saturated carbocycles. The highest BCUT2D eigenvalue weighted by molar-refractivity contribution is 7.15. The van der Waals surface area contributed by atoms with E-state index in [-0.39, 0.29) is 18.2 Å². The summed E-state index contributed by atoms with van der Waals surface area (Å²) in [6.45, 7) is 5.82. The van der Waals surface area contributed by atoms with E-state index in [1.807, 2.05) is 13.8 Å². The van der Waals surface area contributed by atoms with Crippen molar-refractivity contribution < 1.29 is 9.90 Å². The third-order valence-corrected chi connectivity index (χ3v) is 3.24. The van der Waals surface area contributed by atoms with Crippen LogP contribution in [0.3, 0.4) is 0 Å². The zero-order valence-electron chi connectivity index (χ0n) is 10.4. The first-order chi connectivity index (χ1) is 8.02. The number of anilines is 1. The van der Waals surface area contributed by atoms with Crippen molar-refractivity contribution in [1.82, 2.24) is 10.2 Å². The highest BCUT2D eigenvalue weighted by Gasteiger charge is 2.15. The number of aromatic nitrogens is 2. The van der Waals surface area contributed by atoms with Crippen LogP contribution in [0.2, 0.25) is 0 Å². The second-order valence-corrected chi connectivity index (χ2v) is 5.38. The highest BCUT2D eigenvalue weighted by Crippen LogP contribution is 2.17. The van der Waals surface area contributed by atoms with Gasteiger partial charge in [0.15, 0.2) is 0 Å².